The van der Waals surface area contributed by atoms with Gasteiger partial charge in [-0.3, -0.25) is 9.69 Å². The van der Waals surface area contributed by atoms with Crippen LogP contribution in [0.3, 0.4) is 0 Å². The normalized spacial score (nSPS) is 15.5. The fourth-order valence-corrected chi connectivity index (χ4v) is 4.37. The lowest BCUT2D eigenvalue weighted by Crippen LogP contribution is -2.35. The lowest BCUT2D eigenvalue weighted by molar-refractivity contribution is 0.0342. The fraction of sp³-hybridized carbons (Fsp3) is 0.316. The summed E-state index contributed by atoms with van der Waals surface area (Å²) in [6.45, 7) is 5.56. The minimum absolute atomic E-state index is 0.00714. The van der Waals surface area contributed by atoms with Crippen molar-refractivity contribution < 1.29 is 17.9 Å². The molecule has 1 amide bonds. The zero-order valence-corrected chi connectivity index (χ0v) is 16.5. The van der Waals surface area contributed by atoms with E-state index in [1.54, 1.807) is 25.1 Å². The molecule has 0 saturated carbocycles. The van der Waals surface area contributed by atoms with Crippen molar-refractivity contribution >= 4 is 27.5 Å². The Labute approximate surface area is 164 Å². The second-order valence-corrected chi connectivity index (χ2v) is 8.44. The van der Waals surface area contributed by atoms with Crippen molar-refractivity contribution in [2.24, 2.45) is 0 Å². The van der Waals surface area contributed by atoms with E-state index in [1.165, 1.54) is 12.1 Å². The average Bonchev–Trinajstić information content (AvgIpc) is 2.65. The van der Waals surface area contributed by atoms with Gasteiger partial charge in [0.25, 0.3) is 15.9 Å². The maximum absolute atomic E-state index is 12.5. The van der Waals surface area contributed by atoms with E-state index in [0.717, 1.165) is 38.4 Å². The van der Waals surface area contributed by atoms with E-state index in [0.29, 0.717) is 10.6 Å². The van der Waals surface area contributed by atoms with E-state index >= 15 is 0 Å². The van der Waals surface area contributed by atoms with Crippen LogP contribution in [0.4, 0.5) is 0 Å². The van der Waals surface area contributed by atoms with Gasteiger partial charge in [-0.05, 0) is 42.3 Å². The van der Waals surface area contributed by atoms with Gasteiger partial charge < -0.3 is 4.74 Å². The van der Waals surface area contributed by atoms with Crippen molar-refractivity contribution in [3.63, 3.8) is 0 Å². The Bertz CT molecular complexity index is 923. The number of ether oxygens (including phenoxy) is 1. The van der Waals surface area contributed by atoms with Gasteiger partial charge in [0.1, 0.15) is 0 Å². The highest BCUT2D eigenvalue weighted by molar-refractivity contribution is 7.90. The molecule has 2 aromatic rings. The van der Waals surface area contributed by atoms with Crippen LogP contribution in [0.25, 0.3) is 0 Å². The standard InChI is InChI=1S/C19H21ClN2O4S/c1-14-17(20)3-2-4-18(14)27(24,25)21-19(23)16-7-5-15(6-8-16)13-22-9-11-26-12-10-22/h2-8H,9-13H2,1H3,(H,21,23). The largest absolute Gasteiger partial charge is 0.379 e. The summed E-state index contributed by atoms with van der Waals surface area (Å²) in [6, 6.07) is 11.5. The third-order valence-corrected chi connectivity index (χ3v) is 6.35. The molecule has 1 heterocycles. The molecule has 1 fully saturated rings. The Morgan fingerprint density at radius 2 is 1.81 bits per heavy atom. The minimum Gasteiger partial charge on any atom is -0.379 e. The summed E-state index contributed by atoms with van der Waals surface area (Å²) in [5.74, 6) is -0.674. The van der Waals surface area contributed by atoms with Crippen molar-refractivity contribution in [1.82, 2.24) is 9.62 Å². The lowest BCUT2D eigenvalue weighted by Gasteiger charge is -2.26. The first-order valence-electron chi connectivity index (χ1n) is 8.58. The van der Waals surface area contributed by atoms with Crippen LogP contribution in [0, 0.1) is 6.92 Å². The van der Waals surface area contributed by atoms with E-state index < -0.39 is 15.9 Å². The summed E-state index contributed by atoms with van der Waals surface area (Å²) < 4.78 is 32.5. The number of nitrogens with zero attached hydrogens (tertiary/aromatic N) is 1. The first kappa shape index (κ1) is 19.8. The zero-order valence-electron chi connectivity index (χ0n) is 14.9. The van der Waals surface area contributed by atoms with E-state index in [4.69, 9.17) is 16.3 Å². The molecule has 0 bridgehead atoms. The van der Waals surface area contributed by atoms with Gasteiger partial charge in [-0.25, -0.2) is 13.1 Å². The quantitative estimate of drug-likeness (QED) is 0.823. The number of carbonyl (C=O) groups is 1. The van der Waals surface area contributed by atoms with Crippen LogP contribution in [-0.4, -0.2) is 45.5 Å². The highest BCUT2D eigenvalue weighted by atomic mass is 35.5. The molecule has 0 aromatic heterocycles. The molecule has 0 atom stereocenters. The van der Waals surface area contributed by atoms with Crippen LogP contribution in [0.2, 0.25) is 5.02 Å². The Morgan fingerprint density at radius 3 is 2.48 bits per heavy atom. The van der Waals surface area contributed by atoms with Crippen LogP contribution in [-0.2, 0) is 21.3 Å². The maximum Gasteiger partial charge on any atom is 0.264 e. The Morgan fingerprint density at radius 1 is 1.15 bits per heavy atom. The molecular formula is C19H21ClN2O4S. The van der Waals surface area contributed by atoms with Gasteiger partial charge in [0.05, 0.1) is 18.1 Å². The molecule has 0 spiro atoms. The second-order valence-electron chi connectivity index (χ2n) is 6.38. The number of amides is 1. The van der Waals surface area contributed by atoms with Gasteiger partial charge in [0, 0.05) is 30.2 Å². The molecule has 1 aliphatic heterocycles. The number of hydrogen-bond acceptors (Lipinski definition) is 5. The van der Waals surface area contributed by atoms with Crippen LogP contribution < -0.4 is 4.72 Å². The number of rotatable bonds is 5. The number of morpholine rings is 1. The van der Waals surface area contributed by atoms with Gasteiger partial charge in [0.2, 0.25) is 0 Å². The molecule has 3 rings (SSSR count). The number of sulfonamides is 1. The van der Waals surface area contributed by atoms with Crippen LogP contribution in [0.15, 0.2) is 47.4 Å². The SMILES string of the molecule is Cc1c(Cl)cccc1S(=O)(=O)NC(=O)c1ccc(CN2CCOCC2)cc1. The summed E-state index contributed by atoms with van der Waals surface area (Å²) >= 11 is 5.98. The number of carbonyl (C=O) groups excluding carboxylic acids is 1. The Kier molecular flexibility index (Phi) is 6.16. The Hall–Kier alpha value is -1.93. The average molecular weight is 409 g/mol. The predicted octanol–water partition coefficient (Wildman–Crippen LogP) is 2.60. The molecule has 2 aromatic carbocycles. The molecule has 0 aliphatic carbocycles. The maximum atomic E-state index is 12.5. The summed E-state index contributed by atoms with van der Waals surface area (Å²) in [7, 11) is -4.00. The second kappa shape index (κ2) is 8.39. The molecule has 27 heavy (non-hydrogen) atoms. The van der Waals surface area contributed by atoms with Crippen molar-refractivity contribution in [3.8, 4) is 0 Å². The number of hydrogen-bond donors (Lipinski definition) is 1. The minimum atomic E-state index is -4.00. The summed E-state index contributed by atoms with van der Waals surface area (Å²) in [5.41, 5.74) is 1.74. The van der Waals surface area contributed by atoms with Gasteiger partial charge in [-0.1, -0.05) is 29.8 Å². The molecule has 8 heteroatoms. The van der Waals surface area contributed by atoms with Gasteiger partial charge in [-0.2, -0.15) is 0 Å². The Balaban J connectivity index is 1.69. The van der Waals surface area contributed by atoms with E-state index in [2.05, 4.69) is 9.62 Å². The van der Waals surface area contributed by atoms with Crippen molar-refractivity contribution in [3.05, 3.63) is 64.2 Å². The summed E-state index contributed by atoms with van der Waals surface area (Å²) in [6.07, 6.45) is 0. The zero-order chi connectivity index (χ0) is 19.4. The number of halogens is 1. The van der Waals surface area contributed by atoms with Gasteiger partial charge >= 0.3 is 0 Å². The van der Waals surface area contributed by atoms with E-state index in [9.17, 15) is 13.2 Å². The summed E-state index contributed by atoms with van der Waals surface area (Å²) in [4.78, 5) is 14.6. The van der Waals surface area contributed by atoms with Crippen LogP contribution in [0.1, 0.15) is 21.5 Å². The molecule has 1 saturated heterocycles. The smallest absolute Gasteiger partial charge is 0.264 e. The molecule has 144 valence electrons. The summed E-state index contributed by atoms with van der Waals surface area (Å²) in [5, 5.41) is 0.331. The van der Waals surface area contributed by atoms with Crippen molar-refractivity contribution in [2.75, 3.05) is 26.3 Å². The molecule has 1 N–H and O–H groups in total. The monoisotopic (exact) mass is 408 g/mol. The molecule has 0 radical (unpaired) electrons. The molecule has 0 unspecified atom stereocenters. The molecule has 1 aliphatic rings. The predicted molar refractivity (Wildman–Crippen MR) is 103 cm³/mol. The third kappa shape index (κ3) is 4.87. The fourth-order valence-electron chi connectivity index (χ4n) is 2.89. The first-order chi connectivity index (χ1) is 12.9. The van der Waals surface area contributed by atoms with Gasteiger partial charge in [0.15, 0.2) is 0 Å². The third-order valence-electron chi connectivity index (χ3n) is 4.46. The van der Waals surface area contributed by atoms with Crippen molar-refractivity contribution in [2.45, 2.75) is 18.4 Å². The van der Waals surface area contributed by atoms with E-state index in [-0.39, 0.29) is 10.5 Å². The highest BCUT2D eigenvalue weighted by Crippen LogP contribution is 2.22. The van der Waals surface area contributed by atoms with Crippen LogP contribution >= 0.6 is 11.6 Å². The first-order valence-corrected chi connectivity index (χ1v) is 10.4. The van der Waals surface area contributed by atoms with Crippen molar-refractivity contribution in [1.29, 1.82) is 0 Å². The van der Waals surface area contributed by atoms with Crippen LogP contribution in [0.5, 0.6) is 0 Å². The van der Waals surface area contributed by atoms with Gasteiger partial charge in [-0.15, -0.1) is 0 Å². The topological polar surface area (TPSA) is 75.7 Å². The number of benzene rings is 2. The lowest BCUT2D eigenvalue weighted by atomic mass is 10.1. The number of nitrogens with one attached hydrogen (secondary N) is 1. The van der Waals surface area contributed by atoms with E-state index in [1.807, 2.05) is 12.1 Å². The molecule has 6 nitrogen and oxygen atoms in total. The molecular weight excluding hydrogens is 388 g/mol. The highest BCUT2D eigenvalue weighted by Gasteiger charge is 2.21.